The number of hydrogen-bond acceptors (Lipinski definition) is 6. The van der Waals surface area contributed by atoms with Crippen LogP contribution in [-0.2, 0) is 6.54 Å². The van der Waals surface area contributed by atoms with Crippen molar-refractivity contribution in [3.05, 3.63) is 24.8 Å². The van der Waals surface area contributed by atoms with Crippen molar-refractivity contribution in [2.45, 2.75) is 39.8 Å². The van der Waals surface area contributed by atoms with Gasteiger partial charge in [-0.2, -0.15) is 5.10 Å². The first-order valence-corrected chi connectivity index (χ1v) is 9.95. The fraction of sp³-hybridized carbons (Fsp3) is 0.500. The van der Waals surface area contributed by atoms with Crippen molar-refractivity contribution in [3.63, 3.8) is 0 Å². The van der Waals surface area contributed by atoms with Gasteiger partial charge in [-0.15, -0.1) is 0 Å². The molecule has 146 valence electrons. The molecule has 8 heteroatoms. The second-order valence-corrected chi connectivity index (χ2v) is 7.99. The van der Waals surface area contributed by atoms with Crippen LogP contribution >= 0.6 is 0 Å². The summed E-state index contributed by atoms with van der Waals surface area (Å²) in [7, 11) is 0. The molecule has 0 unspecified atom stereocenters. The summed E-state index contributed by atoms with van der Waals surface area (Å²) >= 11 is 0. The highest BCUT2D eigenvalue weighted by atomic mass is 16.5. The Kier molecular flexibility index (Phi) is 4.07. The summed E-state index contributed by atoms with van der Waals surface area (Å²) in [5.41, 5.74) is 1.75. The van der Waals surface area contributed by atoms with E-state index in [0.29, 0.717) is 12.5 Å². The zero-order chi connectivity index (χ0) is 19.3. The lowest BCUT2D eigenvalue weighted by Gasteiger charge is -2.18. The van der Waals surface area contributed by atoms with E-state index in [1.54, 1.807) is 6.33 Å². The Hall–Kier alpha value is -2.90. The van der Waals surface area contributed by atoms with Gasteiger partial charge in [0, 0.05) is 37.6 Å². The molecular formula is C20H25N7O. The maximum absolute atomic E-state index is 6.05. The van der Waals surface area contributed by atoms with Gasteiger partial charge >= 0.3 is 0 Å². The SMILES string of the molecule is CC(C)n1ncnc1-c1cn2c(n1)-c1cnc(N3CC[C@H](C)C3)cc1OCC2. The number of imidazole rings is 1. The van der Waals surface area contributed by atoms with Crippen LogP contribution in [0, 0.1) is 5.92 Å². The number of pyridine rings is 1. The first-order chi connectivity index (χ1) is 13.6. The van der Waals surface area contributed by atoms with Crippen LogP contribution in [-0.4, -0.2) is 49.0 Å². The minimum atomic E-state index is 0.224. The Morgan fingerprint density at radius 1 is 1.18 bits per heavy atom. The smallest absolute Gasteiger partial charge is 0.178 e. The summed E-state index contributed by atoms with van der Waals surface area (Å²) in [6.45, 7) is 9.91. The number of hydrogen-bond donors (Lipinski definition) is 0. The van der Waals surface area contributed by atoms with E-state index >= 15 is 0 Å². The average Bonchev–Trinajstić information content (AvgIpc) is 3.39. The lowest BCUT2D eigenvalue weighted by atomic mass is 10.2. The van der Waals surface area contributed by atoms with Crippen LogP contribution in [0.5, 0.6) is 5.75 Å². The van der Waals surface area contributed by atoms with Crippen LogP contribution in [0.2, 0.25) is 0 Å². The number of rotatable bonds is 3. The Bertz CT molecular complexity index is 1010. The molecular weight excluding hydrogens is 354 g/mol. The molecule has 2 aliphatic heterocycles. The third-order valence-corrected chi connectivity index (χ3v) is 5.50. The molecule has 0 aromatic carbocycles. The Labute approximate surface area is 164 Å². The van der Waals surface area contributed by atoms with Crippen LogP contribution in [0.4, 0.5) is 5.82 Å². The van der Waals surface area contributed by atoms with E-state index in [0.717, 1.165) is 54.1 Å². The zero-order valence-corrected chi connectivity index (χ0v) is 16.5. The minimum absolute atomic E-state index is 0.224. The van der Waals surface area contributed by atoms with Crippen LogP contribution in [0.25, 0.3) is 22.9 Å². The highest BCUT2D eigenvalue weighted by Crippen LogP contribution is 2.36. The molecule has 28 heavy (non-hydrogen) atoms. The van der Waals surface area contributed by atoms with Crippen LogP contribution in [0.1, 0.15) is 33.2 Å². The highest BCUT2D eigenvalue weighted by molar-refractivity contribution is 5.69. The Balaban J connectivity index is 1.54. The molecule has 1 atom stereocenters. The number of anilines is 1. The Morgan fingerprint density at radius 3 is 2.86 bits per heavy atom. The maximum Gasteiger partial charge on any atom is 0.178 e. The predicted octanol–water partition coefficient (Wildman–Crippen LogP) is 3.02. The standard InChI is InChI=1S/C20H25N7O/c1-13(2)27-20(22-12-23-27)16-11-26-6-7-28-17-8-18(25-5-4-14(3)10-25)21-9-15(17)19(26)24-16/h8-9,11-14H,4-7,10H2,1-3H3/t14-/m0/s1. The van der Waals surface area contributed by atoms with Crippen LogP contribution in [0.15, 0.2) is 24.8 Å². The zero-order valence-electron chi connectivity index (χ0n) is 16.5. The van der Waals surface area contributed by atoms with E-state index in [9.17, 15) is 0 Å². The molecule has 5 rings (SSSR count). The summed E-state index contributed by atoms with van der Waals surface area (Å²) < 4.78 is 10.1. The quantitative estimate of drug-likeness (QED) is 0.696. The summed E-state index contributed by atoms with van der Waals surface area (Å²) in [5.74, 6) is 4.21. The number of ether oxygens (including phenoxy) is 1. The first kappa shape index (κ1) is 17.2. The molecule has 0 N–H and O–H groups in total. The summed E-state index contributed by atoms with van der Waals surface area (Å²) in [4.78, 5) is 16.4. The second-order valence-electron chi connectivity index (χ2n) is 7.99. The van der Waals surface area contributed by atoms with E-state index in [1.165, 1.54) is 6.42 Å². The normalized spacial score (nSPS) is 18.7. The Morgan fingerprint density at radius 2 is 2.07 bits per heavy atom. The monoisotopic (exact) mass is 379 g/mol. The first-order valence-electron chi connectivity index (χ1n) is 9.95. The molecule has 8 nitrogen and oxygen atoms in total. The third kappa shape index (κ3) is 2.83. The molecule has 0 amide bonds. The van der Waals surface area contributed by atoms with Gasteiger partial charge in [0.1, 0.15) is 36.0 Å². The van der Waals surface area contributed by atoms with E-state index in [4.69, 9.17) is 14.7 Å². The maximum atomic E-state index is 6.05. The van der Waals surface area contributed by atoms with Crippen molar-refractivity contribution in [2.24, 2.45) is 5.92 Å². The molecule has 0 saturated carbocycles. The van der Waals surface area contributed by atoms with Crippen molar-refractivity contribution in [1.29, 1.82) is 0 Å². The largest absolute Gasteiger partial charge is 0.491 e. The van der Waals surface area contributed by atoms with Gasteiger partial charge in [0.2, 0.25) is 0 Å². The minimum Gasteiger partial charge on any atom is -0.491 e. The van der Waals surface area contributed by atoms with Gasteiger partial charge < -0.3 is 14.2 Å². The number of aromatic nitrogens is 6. The van der Waals surface area contributed by atoms with Crippen molar-refractivity contribution >= 4 is 5.82 Å². The van der Waals surface area contributed by atoms with Crippen molar-refractivity contribution < 1.29 is 4.74 Å². The molecule has 5 heterocycles. The van der Waals surface area contributed by atoms with Gasteiger partial charge in [0.15, 0.2) is 5.82 Å². The fourth-order valence-corrected chi connectivity index (χ4v) is 4.00. The van der Waals surface area contributed by atoms with Gasteiger partial charge in [-0.05, 0) is 26.2 Å². The van der Waals surface area contributed by atoms with Crippen molar-refractivity contribution in [2.75, 3.05) is 24.6 Å². The number of nitrogens with zero attached hydrogens (tertiary/aromatic N) is 7. The third-order valence-electron chi connectivity index (χ3n) is 5.50. The van der Waals surface area contributed by atoms with Crippen LogP contribution < -0.4 is 9.64 Å². The fourth-order valence-electron chi connectivity index (χ4n) is 4.00. The van der Waals surface area contributed by atoms with Gasteiger partial charge in [-0.25, -0.2) is 19.6 Å². The van der Waals surface area contributed by atoms with E-state index < -0.39 is 0 Å². The van der Waals surface area contributed by atoms with E-state index in [-0.39, 0.29) is 6.04 Å². The molecule has 2 aliphatic rings. The lowest BCUT2D eigenvalue weighted by Crippen LogP contribution is -2.20. The van der Waals surface area contributed by atoms with Crippen molar-refractivity contribution in [1.82, 2.24) is 29.3 Å². The van der Waals surface area contributed by atoms with Gasteiger partial charge in [0.05, 0.1) is 12.1 Å². The second kappa shape index (κ2) is 6.61. The molecule has 1 fully saturated rings. The summed E-state index contributed by atoms with van der Waals surface area (Å²) in [5, 5.41) is 4.34. The summed E-state index contributed by atoms with van der Waals surface area (Å²) in [6.07, 6.45) is 6.73. The molecule has 0 spiro atoms. The predicted molar refractivity (Wildman–Crippen MR) is 106 cm³/mol. The van der Waals surface area contributed by atoms with Crippen LogP contribution in [0.3, 0.4) is 0 Å². The van der Waals surface area contributed by atoms with E-state index in [2.05, 4.69) is 46.4 Å². The highest BCUT2D eigenvalue weighted by Gasteiger charge is 2.25. The molecule has 0 radical (unpaired) electrons. The molecule has 0 bridgehead atoms. The molecule has 1 saturated heterocycles. The summed E-state index contributed by atoms with van der Waals surface area (Å²) in [6, 6.07) is 2.29. The number of fused-ring (bicyclic) bond motifs is 3. The molecule has 3 aromatic rings. The molecule has 3 aromatic heterocycles. The van der Waals surface area contributed by atoms with E-state index in [1.807, 2.05) is 17.1 Å². The molecule has 0 aliphatic carbocycles. The van der Waals surface area contributed by atoms with Crippen molar-refractivity contribution in [3.8, 4) is 28.7 Å². The lowest BCUT2D eigenvalue weighted by molar-refractivity contribution is 0.306. The van der Waals surface area contributed by atoms with Gasteiger partial charge in [-0.1, -0.05) is 6.92 Å². The van der Waals surface area contributed by atoms with Gasteiger partial charge in [0.25, 0.3) is 0 Å². The topological polar surface area (TPSA) is 73.9 Å². The average molecular weight is 379 g/mol. The van der Waals surface area contributed by atoms with Gasteiger partial charge in [-0.3, -0.25) is 0 Å².